The van der Waals surface area contributed by atoms with E-state index in [4.69, 9.17) is 10.5 Å². The van der Waals surface area contributed by atoms with Crippen LogP contribution < -0.4 is 15.4 Å². The Morgan fingerprint density at radius 3 is 2.71 bits per heavy atom. The van der Waals surface area contributed by atoms with Crippen LogP contribution >= 0.6 is 0 Å². The summed E-state index contributed by atoms with van der Waals surface area (Å²) in [5.41, 5.74) is 7.18. The Morgan fingerprint density at radius 2 is 2.12 bits per heavy atom. The molecule has 3 nitrogen and oxygen atoms in total. The van der Waals surface area contributed by atoms with Crippen molar-refractivity contribution >= 4 is 5.69 Å². The number of nitrogens with zero attached hydrogens (tertiary/aromatic N) is 1. The standard InChI is InChI=1S/C14H22N2O/c1-16(2)12-4-3-5-13(10-12)17-11-14(6-7-14)8-9-15/h3-5,10H,6-9,11,15H2,1-2H3. The minimum absolute atomic E-state index is 0.378. The highest BCUT2D eigenvalue weighted by Gasteiger charge is 2.42. The van der Waals surface area contributed by atoms with E-state index in [0.29, 0.717) is 5.41 Å². The lowest BCUT2D eigenvalue weighted by atomic mass is 10.0. The Kier molecular flexibility index (Phi) is 3.57. The highest BCUT2D eigenvalue weighted by atomic mass is 16.5. The van der Waals surface area contributed by atoms with Gasteiger partial charge in [0.2, 0.25) is 0 Å². The second kappa shape index (κ2) is 4.96. The zero-order valence-electron chi connectivity index (χ0n) is 10.8. The van der Waals surface area contributed by atoms with Crippen molar-refractivity contribution in [3.8, 4) is 5.75 Å². The van der Waals surface area contributed by atoms with Crippen molar-refractivity contribution < 1.29 is 4.74 Å². The molecule has 3 heteroatoms. The fraction of sp³-hybridized carbons (Fsp3) is 0.571. The fourth-order valence-electron chi connectivity index (χ4n) is 2.04. The third kappa shape index (κ3) is 3.13. The molecule has 0 spiro atoms. The third-order valence-electron chi connectivity index (χ3n) is 3.51. The van der Waals surface area contributed by atoms with Gasteiger partial charge in [-0.3, -0.25) is 0 Å². The van der Waals surface area contributed by atoms with E-state index in [-0.39, 0.29) is 0 Å². The summed E-state index contributed by atoms with van der Waals surface area (Å²) in [6.07, 6.45) is 3.61. The van der Waals surface area contributed by atoms with Gasteiger partial charge in [0.25, 0.3) is 0 Å². The minimum atomic E-state index is 0.378. The van der Waals surface area contributed by atoms with Gasteiger partial charge in [-0.15, -0.1) is 0 Å². The molecule has 0 radical (unpaired) electrons. The highest BCUT2D eigenvalue weighted by Crippen LogP contribution is 2.48. The van der Waals surface area contributed by atoms with Gasteiger partial charge in [-0.25, -0.2) is 0 Å². The van der Waals surface area contributed by atoms with E-state index in [1.165, 1.54) is 18.5 Å². The van der Waals surface area contributed by atoms with Crippen molar-refractivity contribution in [2.45, 2.75) is 19.3 Å². The van der Waals surface area contributed by atoms with E-state index in [9.17, 15) is 0 Å². The molecule has 1 saturated carbocycles. The van der Waals surface area contributed by atoms with Gasteiger partial charge >= 0.3 is 0 Å². The van der Waals surface area contributed by atoms with Crippen molar-refractivity contribution in [3.05, 3.63) is 24.3 Å². The van der Waals surface area contributed by atoms with Gasteiger partial charge in [-0.05, 0) is 37.9 Å². The number of ether oxygens (including phenoxy) is 1. The lowest BCUT2D eigenvalue weighted by molar-refractivity contribution is 0.227. The summed E-state index contributed by atoms with van der Waals surface area (Å²) in [5.74, 6) is 0.958. The van der Waals surface area contributed by atoms with E-state index < -0.39 is 0 Å². The smallest absolute Gasteiger partial charge is 0.121 e. The van der Waals surface area contributed by atoms with Gasteiger partial charge < -0.3 is 15.4 Å². The van der Waals surface area contributed by atoms with Crippen LogP contribution in [0.5, 0.6) is 5.75 Å². The van der Waals surface area contributed by atoms with Crippen molar-refractivity contribution in [2.24, 2.45) is 11.1 Å². The third-order valence-corrected chi connectivity index (χ3v) is 3.51. The quantitative estimate of drug-likeness (QED) is 0.820. The van der Waals surface area contributed by atoms with Gasteiger partial charge in [0.1, 0.15) is 5.75 Å². The summed E-state index contributed by atoms with van der Waals surface area (Å²) >= 11 is 0. The molecule has 0 amide bonds. The van der Waals surface area contributed by atoms with Crippen LogP contribution in [0.4, 0.5) is 5.69 Å². The van der Waals surface area contributed by atoms with Crippen LogP contribution in [-0.4, -0.2) is 27.2 Å². The fourth-order valence-corrected chi connectivity index (χ4v) is 2.04. The predicted molar refractivity (Wildman–Crippen MR) is 71.6 cm³/mol. The second-order valence-electron chi connectivity index (χ2n) is 5.22. The molecule has 0 bridgehead atoms. The zero-order valence-corrected chi connectivity index (χ0v) is 10.8. The zero-order chi connectivity index (χ0) is 12.3. The van der Waals surface area contributed by atoms with Gasteiger partial charge in [-0.2, -0.15) is 0 Å². The number of rotatable bonds is 6. The van der Waals surface area contributed by atoms with Crippen molar-refractivity contribution in [2.75, 3.05) is 32.1 Å². The molecule has 0 atom stereocenters. The average Bonchev–Trinajstić information content (AvgIpc) is 3.08. The predicted octanol–water partition coefficient (Wildman–Crippen LogP) is 2.26. The summed E-state index contributed by atoms with van der Waals surface area (Å²) < 4.78 is 5.89. The van der Waals surface area contributed by atoms with Crippen molar-refractivity contribution in [1.82, 2.24) is 0 Å². The normalized spacial score (nSPS) is 16.6. The molecule has 1 aliphatic carbocycles. The largest absolute Gasteiger partial charge is 0.493 e. The van der Waals surface area contributed by atoms with Crippen LogP contribution in [0.2, 0.25) is 0 Å². The summed E-state index contributed by atoms with van der Waals surface area (Å²) in [4.78, 5) is 2.08. The number of hydrogen-bond acceptors (Lipinski definition) is 3. The van der Waals surface area contributed by atoms with E-state index in [2.05, 4.69) is 17.0 Å². The first kappa shape index (κ1) is 12.2. The molecule has 17 heavy (non-hydrogen) atoms. The molecule has 94 valence electrons. The molecule has 1 fully saturated rings. The van der Waals surface area contributed by atoms with Crippen molar-refractivity contribution in [1.29, 1.82) is 0 Å². The first-order valence-corrected chi connectivity index (χ1v) is 6.25. The molecule has 1 aliphatic rings. The monoisotopic (exact) mass is 234 g/mol. The first-order chi connectivity index (χ1) is 8.15. The molecule has 0 saturated heterocycles. The molecule has 1 aromatic rings. The lowest BCUT2D eigenvalue weighted by Gasteiger charge is -2.17. The maximum atomic E-state index is 5.89. The van der Waals surface area contributed by atoms with Crippen LogP contribution in [0.3, 0.4) is 0 Å². The van der Waals surface area contributed by atoms with Crippen molar-refractivity contribution in [3.63, 3.8) is 0 Å². The molecule has 2 N–H and O–H groups in total. The molecule has 0 heterocycles. The highest BCUT2D eigenvalue weighted by molar-refractivity contribution is 5.49. The Morgan fingerprint density at radius 1 is 1.35 bits per heavy atom. The number of anilines is 1. The summed E-state index contributed by atoms with van der Waals surface area (Å²) in [6.45, 7) is 1.57. The molecular weight excluding hydrogens is 212 g/mol. The second-order valence-corrected chi connectivity index (χ2v) is 5.22. The topological polar surface area (TPSA) is 38.5 Å². The summed E-state index contributed by atoms with van der Waals surface area (Å²) in [7, 11) is 4.08. The van der Waals surface area contributed by atoms with E-state index in [0.717, 1.165) is 25.3 Å². The van der Waals surface area contributed by atoms with Crippen LogP contribution in [-0.2, 0) is 0 Å². The molecule has 1 aromatic carbocycles. The van der Waals surface area contributed by atoms with Gasteiger partial charge in [-0.1, -0.05) is 6.07 Å². The maximum absolute atomic E-state index is 5.89. The molecule has 0 aromatic heterocycles. The van der Waals surface area contributed by atoms with E-state index in [1.54, 1.807) is 0 Å². The van der Waals surface area contributed by atoms with E-state index >= 15 is 0 Å². The van der Waals surface area contributed by atoms with Gasteiger partial charge in [0, 0.05) is 31.3 Å². The molecule has 0 unspecified atom stereocenters. The first-order valence-electron chi connectivity index (χ1n) is 6.25. The Hall–Kier alpha value is -1.22. The Labute approximate surface area is 104 Å². The molecule has 2 rings (SSSR count). The summed E-state index contributed by atoms with van der Waals surface area (Å²) in [5, 5.41) is 0. The van der Waals surface area contributed by atoms with E-state index in [1.807, 2.05) is 26.2 Å². The van der Waals surface area contributed by atoms with Gasteiger partial charge in [0.15, 0.2) is 0 Å². The minimum Gasteiger partial charge on any atom is -0.493 e. The average molecular weight is 234 g/mol. The number of hydrogen-bond donors (Lipinski definition) is 1. The number of benzene rings is 1. The Bertz CT molecular complexity index is 372. The van der Waals surface area contributed by atoms with Gasteiger partial charge in [0.05, 0.1) is 6.61 Å². The lowest BCUT2D eigenvalue weighted by Crippen LogP contribution is -2.17. The Balaban J connectivity index is 1.93. The van der Waals surface area contributed by atoms with Crippen LogP contribution in [0.25, 0.3) is 0 Å². The molecule has 0 aliphatic heterocycles. The van der Waals surface area contributed by atoms with Crippen LogP contribution in [0.15, 0.2) is 24.3 Å². The SMILES string of the molecule is CN(C)c1cccc(OCC2(CCN)CC2)c1. The number of nitrogens with two attached hydrogens (primary N) is 1. The van der Waals surface area contributed by atoms with Crippen LogP contribution in [0, 0.1) is 5.41 Å². The summed E-state index contributed by atoms with van der Waals surface area (Å²) in [6, 6.07) is 8.22. The molecular formula is C14H22N2O. The maximum Gasteiger partial charge on any atom is 0.121 e. The van der Waals surface area contributed by atoms with Crippen LogP contribution in [0.1, 0.15) is 19.3 Å².